The van der Waals surface area contributed by atoms with Gasteiger partial charge in [0.2, 0.25) is 0 Å². The highest BCUT2D eigenvalue weighted by atomic mass is 16.5. The maximum absolute atomic E-state index is 9.70. The summed E-state index contributed by atoms with van der Waals surface area (Å²) in [5.41, 5.74) is 0.427. The van der Waals surface area contributed by atoms with Crippen LogP contribution >= 0.6 is 0 Å². The Kier molecular flexibility index (Phi) is 5.75. The molecule has 1 fully saturated rings. The average Bonchev–Trinajstić information content (AvgIpc) is 2.58. The zero-order valence-electron chi connectivity index (χ0n) is 13.0. The van der Waals surface area contributed by atoms with Crippen molar-refractivity contribution in [3.05, 3.63) is 35.9 Å². The van der Waals surface area contributed by atoms with Crippen molar-refractivity contribution < 1.29 is 4.74 Å². The van der Waals surface area contributed by atoms with Crippen LogP contribution in [0.2, 0.25) is 0 Å². The van der Waals surface area contributed by atoms with Crippen molar-refractivity contribution in [2.45, 2.75) is 30.8 Å². The summed E-state index contributed by atoms with van der Waals surface area (Å²) in [6.07, 6.45) is 2.94. The van der Waals surface area contributed by atoms with Gasteiger partial charge in [0.05, 0.1) is 6.07 Å². The second-order valence-corrected chi connectivity index (χ2v) is 5.71. The Morgan fingerprint density at radius 2 is 2.00 bits per heavy atom. The van der Waals surface area contributed by atoms with E-state index >= 15 is 0 Å². The minimum atomic E-state index is -0.610. The normalized spacial score (nSPS) is 19.1. The first kappa shape index (κ1) is 16.0. The summed E-state index contributed by atoms with van der Waals surface area (Å²) in [6, 6.07) is 13.0. The first-order chi connectivity index (χ1) is 10.2. The third-order valence-electron chi connectivity index (χ3n) is 4.54. The molecule has 114 valence electrons. The van der Waals surface area contributed by atoms with Crippen molar-refractivity contribution >= 4 is 0 Å². The van der Waals surface area contributed by atoms with E-state index in [9.17, 15) is 5.26 Å². The Balaban J connectivity index is 2.02. The lowest BCUT2D eigenvalue weighted by atomic mass is 9.87. The average molecular weight is 287 g/mol. The van der Waals surface area contributed by atoms with Gasteiger partial charge in [0.15, 0.2) is 0 Å². The highest BCUT2D eigenvalue weighted by molar-refractivity contribution is 5.31. The van der Waals surface area contributed by atoms with Gasteiger partial charge in [0, 0.05) is 25.8 Å². The zero-order valence-corrected chi connectivity index (χ0v) is 13.0. The summed E-state index contributed by atoms with van der Waals surface area (Å²) >= 11 is 0. The molecule has 1 aliphatic heterocycles. The van der Waals surface area contributed by atoms with E-state index in [2.05, 4.69) is 23.3 Å². The van der Waals surface area contributed by atoms with Crippen LogP contribution in [0.15, 0.2) is 30.3 Å². The number of nitrogens with zero attached hydrogens (tertiary/aromatic N) is 2. The van der Waals surface area contributed by atoms with Crippen LogP contribution < -0.4 is 5.32 Å². The Morgan fingerprint density at radius 1 is 1.33 bits per heavy atom. The lowest BCUT2D eigenvalue weighted by Gasteiger charge is -2.34. The maximum atomic E-state index is 9.70. The van der Waals surface area contributed by atoms with E-state index in [1.807, 2.05) is 37.4 Å². The number of nitrogens with one attached hydrogen (secondary N) is 1. The summed E-state index contributed by atoms with van der Waals surface area (Å²) in [4.78, 5) is 2.37. The van der Waals surface area contributed by atoms with Gasteiger partial charge in [-0.2, -0.15) is 5.26 Å². The lowest BCUT2D eigenvalue weighted by molar-refractivity contribution is 0.0411. The van der Waals surface area contributed by atoms with Gasteiger partial charge >= 0.3 is 0 Å². The number of hydrogen-bond acceptors (Lipinski definition) is 4. The Hall–Kier alpha value is -1.41. The highest BCUT2D eigenvalue weighted by Gasteiger charge is 2.31. The third kappa shape index (κ3) is 3.82. The molecule has 0 aliphatic carbocycles. The number of benzene rings is 1. The monoisotopic (exact) mass is 287 g/mol. The SMILES string of the molecule is CNC(C#N)(CCN(C)C1CCOCC1)c1ccccc1. The highest BCUT2D eigenvalue weighted by Crippen LogP contribution is 2.25. The first-order valence-electron chi connectivity index (χ1n) is 7.65. The van der Waals surface area contributed by atoms with E-state index in [4.69, 9.17) is 4.74 Å². The zero-order chi connectivity index (χ0) is 15.1. The fraction of sp³-hybridized carbons (Fsp3) is 0.588. The second kappa shape index (κ2) is 7.56. The standard InChI is InChI=1S/C17H25N3O/c1-19-17(14-18,15-6-4-3-5-7-15)10-11-20(2)16-8-12-21-13-9-16/h3-7,16,19H,8-13H2,1-2H3. The Morgan fingerprint density at radius 3 is 2.57 bits per heavy atom. The largest absolute Gasteiger partial charge is 0.381 e. The molecule has 1 aromatic carbocycles. The fourth-order valence-electron chi connectivity index (χ4n) is 2.97. The molecule has 1 N–H and O–H groups in total. The van der Waals surface area contributed by atoms with Crippen LogP contribution in [0.5, 0.6) is 0 Å². The van der Waals surface area contributed by atoms with E-state index in [-0.39, 0.29) is 0 Å². The summed E-state index contributed by atoms with van der Waals surface area (Å²) in [7, 11) is 4.02. The summed E-state index contributed by atoms with van der Waals surface area (Å²) in [5, 5.41) is 12.9. The summed E-state index contributed by atoms with van der Waals surface area (Å²) in [6.45, 7) is 2.60. The molecule has 4 heteroatoms. The van der Waals surface area contributed by atoms with Gasteiger partial charge in [-0.15, -0.1) is 0 Å². The summed E-state index contributed by atoms with van der Waals surface area (Å²) in [5.74, 6) is 0. The van der Waals surface area contributed by atoms with Crippen molar-refractivity contribution in [1.29, 1.82) is 5.26 Å². The molecule has 1 saturated heterocycles. The van der Waals surface area contributed by atoms with Gasteiger partial charge in [0.25, 0.3) is 0 Å². The molecule has 21 heavy (non-hydrogen) atoms. The van der Waals surface area contributed by atoms with Crippen molar-refractivity contribution in [3.8, 4) is 6.07 Å². The molecule has 1 unspecified atom stereocenters. The van der Waals surface area contributed by atoms with Gasteiger partial charge < -0.3 is 9.64 Å². The van der Waals surface area contributed by atoms with Crippen LogP contribution in [-0.2, 0) is 10.3 Å². The van der Waals surface area contributed by atoms with E-state index in [0.29, 0.717) is 6.04 Å². The molecule has 0 amide bonds. The Bertz CT molecular complexity index is 465. The van der Waals surface area contributed by atoms with Crippen molar-refractivity contribution in [1.82, 2.24) is 10.2 Å². The van der Waals surface area contributed by atoms with Gasteiger partial charge in [-0.25, -0.2) is 0 Å². The molecular weight excluding hydrogens is 262 g/mol. The number of hydrogen-bond donors (Lipinski definition) is 1. The van der Waals surface area contributed by atoms with Crippen molar-refractivity contribution in [3.63, 3.8) is 0 Å². The smallest absolute Gasteiger partial charge is 0.133 e. The molecule has 0 aromatic heterocycles. The molecule has 1 atom stereocenters. The van der Waals surface area contributed by atoms with E-state index in [1.54, 1.807) is 0 Å². The molecule has 0 spiro atoms. The van der Waals surface area contributed by atoms with E-state index < -0.39 is 5.54 Å². The van der Waals surface area contributed by atoms with Crippen molar-refractivity contribution in [2.75, 3.05) is 33.9 Å². The quantitative estimate of drug-likeness (QED) is 0.871. The van der Waals surface area contributed by atoms with E-state index in [1.165, 1.54) is 0 Å². The lowest BCUT2D eigenvalue weighted by Crippen LogP contribution is -2.44. The molecule has 0 saturated carbocycles. The number of ether oxygens (including phenoxy) is 1. The molecule has 4 nitrogen and oxygen atoms in total. The number of nitriles is 1. The fourth-order valence-corrected chi connectivity index (χ4v) is 2.97. The van der Waals surface area contributed by atoms with Crippen molar-refractivity contribution in [2.24, 2.45) is 0 Å². The molecule has 1 aliphatic rings. The first-order valence-corrected chi connectivity index (χ1v) is 7.65. The summed E-state index contributed by atoms with van der Waals surface area (Å²) < 4.78 is 5.42. The predicted molar refractivity (Wildman–Crippen MR) is 83.9 cm³/mol. The van der Waals surface area contributed by atoms with Gasteiger partial charge in [-0.1, -0.05) is 30.3 Å². The van der Waals surface area contributed by atoms with E-state index in [0.717, 1.165) is 44.6 Å². The predicted octanol–water partition coefficient (Wildman–Crippen LogP) is 2.13. The molecule has 1 aromatic rings. The molecular formula is C17H25N3O. The van der Waals surface area contributed by atoms with Crippen LogP contribution in [0.3, 0.4) is 0 Å². The van der Waals surface area contributed by atoms with Gasteiger partial charge in [0.1, 0.15) is 5.54 Å². The maximum Gasteiger partial charge on any atom is 0.133 e. The molecule has 1 heterocycles. The number of rotatable bonds is 6. The third-order valence-corrected chi connectivity index (χ3v) is 4.54. The van der Waals surface area contributed by atoms with Gasteiger partial charge in [-0.05, 0) is 38.9 Å². The minimum Gasteiger partial charge on any atom is -0.381 e. The van der Waals surface area contributed by atoms with Crippen LogP contribution in [0.1, 0.15) is 24.8 Å². The van der Waals surface area contributed by atoms with Crippen LogP contribution in [0.4, 0.5) is 0 Å². The second-order valence-electron chi connectivity index (χ2n) is 5.71. The van der Waals surface area contributed by atoms with Gasteiger partial charge in [-0.3, -0.25) is 5.32 Å². The van der Waals surface area contributed by atoms with Crippen LogP contribution in [0, 0.1) is 11.3 Å². The topological polar surface area (TPSA) is 48.3 Å². The molecule has 0 radical (unpaired) electrons. The van der Waals surface area contributed by atoms with Crippen LogP contribution in [-0.4, -0.2) is 44.8 Å². The van der Waals surface area contributed by atoms with Crippen LogP contribution in [0.25, 0.3) is 0 Å². The Labute approximate surface area is 127 Å². The molecule has 0 bridgehead atoms. The molecule has 2 rings (SSSR count). The minimum absolute atomic E-state index is 0.572.